The Bertz CT molecular complexity index is 336. The van der Waals surface area contributed by atoms with Gasteiger partial charge in [0.15, 0.2) is 0 Å². The first-order valence-electron chi connectivity index (χ1n) is 6.55. The summed E-state index contributed by atoms with van der Waals surface area (Å²) in [6, 6.07) is 6.74. The van der Waals surface area contributed by atoms with Crippen LogP contribution >= 0.6 is 11.8 Å². The van der Waals surface area contributed by atoms with Crippen molar-refractivity contribution in [3.63, 3.8) is 0 Å². The Hall–Kier alpha value is -0.470. The maximum absolute atomic E-state index is 6.26. The van der Waals surface area contributed by atoms with Crippen LogP contribution < -0.4 is 5.73 Å². The van der Waals surface area contributed by atoms with Crippen LogP contribution in [-0.2, 0) is 0 Å². The summed E-state index contributed by atoms with van der Waals surface area (Å²) >= 11 is 1.99. The number of nitrogens with two attached hydrogens (primary N) is 1. The Morgan fingerprint density at radius 2 is 2.00 bits per heavy atom. The average Bonchev–Trinajstić information content (AvgIpc) is 2.32. The topological polar surface area (TPSA) is 26.0 Å². The molecular formula is C15H25NS. The van der Waals surface area contributed by atoms with Crippen LogP contribution in [0.15, 0.2) is 18.2 Å². The molecule has 0 radical (unpaired) electrons. The molecule has 0 heterocycles. The molecular weight excluding hydrogens is 226 g/mol. The van der Waals surface area contributed by atoms with Crippen molar-refractivity contribution in [3.8, 4) is 0 Å². The van der Waals surface area contributed by atoms with Crippen LogP contribution in [0, 0.1) is 13.8 Å². The SMILES string of the molecule is CCCCCSCC(N)c1cc(C)ccc1C. The molecule has 0 fully saturated rings. The summed E-state index contributed by atoms with van der Waals surface area (Å²) in [5, 5.41) is 0. The van der Waals surface area contributed by atoms with Crippen molar-refractivity contribution < 1.29 is 0 Å². The van der Waals surface area contributed by atoms with Crippen molar-refractivity contribution in [2.24, 2.45) is 5.73 Å². The quantitative estimate of drug-likeness (QED) is 0.734. The predicted octanol–water partition coefficient (Wildman–Crippen LogP) is 4.23. The van der Waals surface area contributed by atoms with Gasteiger partial charge in [0.25, 0.3) is 0 Å². The van der Waals surface area contributed by atoms with Crippen LogP contribution in [0.4, 0.5) is 0 Å². The summed E-state index contributed by atoms with van der Waals surface area (Å²) in [7, 11) is 0. The second-order valence-electron chi connectivity index (χ2n) is 4.75. The minimum atomic E-state index is 0.182. The summed E-state index contributed by atoms with van der Waals surface area (Å²) in [6.45, 7) is 6.52. The second kappa shape index (κ2) is 7.78. The summed E-state index contributed by atoms with van der Waals surface area (Å²) in [6.07, 6.45) is 3.95. The lowest BCUT2D eigenvalue weighted by atomic mass is 10.0. The second-order valence-corrected chi connectivity index (χ2v) is 5.90. The van der Waals surface area contributed by atoms with Gasteiger partial charge >= 0.3 is 0 Å². The highest BCUT2D eigenvalue weighted by atomic mass is 32.2. The highest BCUT2D eigenvalue weighted by Crippen LogP contribution is 2.21. The summed E-state index contributed by atoms with van der Waals surface area (Å²) in [5.74, 6) is 2.28. The lowest BCUT2D eigenvalue weighted by molar-refractivity contribution is 0.774. The third kappa shape index (κ3) is 5.13. The van der Waals surface area contributed by atoms with Crippen molar-refractivity contribution in [2.75, 3.05) is 11.5 Å². The first kappa shape index (κ1) is 14.6. The van der Waals surface area contributed by atoms with E-state index in [4.69, 9.17) is 5.73 Å². The third-order valence-electron chi connectivity index (χ3n) is 3.02. The molecule has 1 unspecified atom stereocenters. The van der Waals surface area contributed by atoms with Crippen LogP contribution in [-0.4, -0.2) is 11.5 Å². The number of aryl methyl sites for hydroxylation is 2. The van der Waals surface area contributed by atoms with Gasteiger partial charge in [-0.1, -0.05) is 43.5 Å². The van der Waals surface area contributed by atoms with Gasteiger partial charge in [0.05, 0.1) is 0 Å². The van der Waals surface area contributed by atoms with E-state index in [1.165, 1.54) is 41.7 Å². The van der Waals surface area contributed by atoms with E-state index in [9.17, 15) is 0 Å². The lowest BCUT2D eigenvalue weighted by Crippen LogP contribution is -2.14. The van der Waals surface area contributed by atoms with Gasteiger partial charge < -0.3 is 5.73 Å². The number of rotatable bonds is 7. The fourth-order valence-electron chi connectivity index (χ4n) is 1.91. The van der Waals surface area contributed by atoms with Crippen molar-refractivity contribution in [1.82, 2.24) is 0 Å². The zero-order valence-corrected chi connectivity index (χ0v) is 12.1. The predicted molar refractivity (Wildman–Crippen MR) is 79.7 cm³/mol. The Morgan fingerprint density at radius 1 is 1.24 bits per heavy atom. The van der Waals surface area contributed by atoms with Gasteiger partial charge in [-0.05, 0) is 37.1 Å². The Kier molecular flexibility index (Phi) is 6.68. The molecule has 0 aliphatic carbocycles. The van der Waals surface area contributed by atoms with Gasteiger partial charge in [-0.15, -0.1) is 0 Å². The molecule has 0 bridgehead atoms. The van der Waals surface area contributed by atoms with Crippen LogP contribution in [0.1, 0.15) is 48.9 Å². The fourth-order valence-corrected chi connectivity index (χ4v) is 2.92. The van der Waals surface area contributed by atoms with E-state index in [0.717, 1.165) is 5.75 Å². The molecule has 96 valence electrons. The largest absolute Gasteiger partial charge is 0.323 e. The van der Waals surface area contributed by atoms with E-state index >= 15 is 0 Å². The van der Waals surface area contributed by atoms with E-state index in [0.29, 0.717) is 0 Å². The molecule has 0 aliphatic rings. The van der Waals surface area contributed by atoms with Crippen LogP contribution in [0.2, 0.25) is 0 Å². The molecule has 1 aromatic carbocycles. The van der Waals surface area contributed by atoms with Crippen molar-refractivity contribution in [2.45, 2.75) is 46.1 Å². The smallest absolute Gasteiger partial charge is 0.0389 e. The Balaban J connectivity index is 2.41. The number of hydrogen-bond acceptors (Lipinski definition) is 2. The maximum Gasteiger partial charge on any atom is 0.0389 e. The Morgan fingerprint density at radius 3 is 2.71 bits per heavy atom. The zero-order valence-electron chi connectivity index (χ0n) is 11.3. The number of hydrogen-bond donors (Lipinski definition) is 1. The molecule has 1 rings (SSSR count). The molecule has 17 heavy (non-hydrogen) atoms. The number of benzene rings is 1. The fraction of sp³-hybridized carbons (Fsp3) is 0.600. The summed E-state index contributed by atoms with van der Waals surface area (Å²) < 4.78 is 0. The molecule has 2 heteroatoms. The highest BCUT2D eigenvalue weighted by molar-refractivity contribution is 7.99. The first-order valence-corrected chi connectivity index (χ1v) is 7.71. The molecule has 0 spiro atoms. The minimum absolute atomic E-state index is 0.182. The van der Waals surface area contributed by atoms with Gasteiger partial charge in [-0.25, -0.2) is 0 Å². The van der Waals surface area contributed by atoms with Crippen molar-refractivity contribution >= 4 is 11.8 Å². The van der Waals surface area contributed by atoms with Crippen LogP contribution in [0.25, 0.3) is 0 Å². The van der Waals surface area contributed by atoms with Crippen LogP contribution in [0.5, 0.6) is 0 Å². The monoisotopic (exact) mass is 251 g/mol. The maximum atomic E-state index is 6.26. The zero-order chi connectivity index (χ0) is 12.7. The highest BCUT2D eigenvalue weighted by Gasteiger charge is 2.08. The van der Waals surface area contributed by atoms with E-state index < -0.39 is 0 Å². The molecule has 0 saturated heterocycles. The van der Waals surface area contributed by atoms with Gasteiger partial charge in [0.1, 0.15) is 0 Å². The van der Waals surface area contributed by atoms with E-state index in [2.05, 4.69) is 39.0 Å². The summed E-state index contributed by atoms with van der Waals surface area (Å²) in [4.78, 5) is 0. The van der Waals surface area contributed by atoms with Crippen molar-refractivity contribution in [3.05, 3.63) is 34.9 Å². The molecule has 0 saturated carbocycles. The minimum Gasteiger partial charge on any atom is -0.323 e. The Labute approximate surface area is 110 Å². The van der Waals surface area contributed by atoms with E-state index in [-0.39, 0.29) is 6.04 Å². The third-order valence-corrected chi connectivity index (χ3v) is 4.20. The first-order chi connectivity index (χ1) is 8.15. The number of thioether (sulfide) groups is 1. The van der Waals surface area contributed by atoms with Gasteiger partial charge in [-0.3, -0.25) is 0 Å². The lowest BCUT2D eigenvalue weighted by Gasteiger charge is -2.15. The molecule has 1 atom stereocenters. The standard InChI is InChI=1S/C15H25NS/c1-4-5-6-9-17-11-15(16)14-10-12(2)7-8-13(14)3/h7-8,10,15H,4-6,9,11,16H2,1-3H3. The molecule has 2 N–H and O–H groups in total. The molecule has 0 amide bonds. The van der Waals surface area contributed by atoms with Crippen LogP contribution in [0.3, 0.4) is 0 Å². The van der Waals surface area contributed by atoms with E-state index in [1.807, 2.05) is 11.8 Å². The summed E-state index contributed by atoms with van der Waals surface area (Å²) in [5.41, 5.74) is 10.2. The molecule has 0 aromatic heterocycles. The van der Waals surface area contributed by atoms with Gasteiger partial charge in [0, 0.05) is 11.8 Å². The van der Waals surface area contributed by atoms with Crippen molar-refractivity contribution in [1.29, 1.82) is 0 Å². The average molecular weight is 251 g/mol. The molecule has 1 aromatic rings. The van der Waals surface area contributed by atoms with E-state index in [1.54, 1.807) is 0 Å². The van der Waals surface area contributed by atoms with Gasteiger partial charge in [0.2, 0.25) is 0 Å². The number of unbranched alkanes of at least 4 members (excludes halogenated alkanes) is 2. The normalized spacial score (nSPS) is 12.7. The van der Waals surface area contributed by atoms with Gasteiger partial charge in [-0.2, -0.15) is 11.8 Å². The molecule has 0 aliphatic heterocycles. The molecule has 1 nitrogen and oxygen atoms in total.